The second kappa shape index (κ2) is 6.79. The molecule has 1 heterocycles. The van der Waals surface area contributed by atoms with Crippen molar-refractivity contribution in [2.75, 3.05) is 0 Å². The molecule has 1 aromatic heterocycles. The number of ether oxygens (including phenoxy) is 1. The molecule has 0 aliphatic heterocycles. The molecule has 1 aromatic carbocycles. The minimum atomic E-state index is -4.01. The van der Waals surface area contributed by atoms with Gasteiger partial charge in [0.05, 0.1) is 6.54 Å². The van der Waals surface area contributed by atoms with Crippen LogP contribution in [0, 0.1) is 0 Å². The summed E-state index contributed by atoms with van der Waals surface area (Å²) in [5, 5.41) is 3.86. The van der Waals surface area contributed by atoms with E-state index in [4.69, 9.17) is 0 Å². The van der Waals surface area contributed by atoms with Crippen LogP contribution < -0.4 is 9.46 Å². The monoisotopic (exact) mass is 332 g/mol. The number of para-hydroxylation sites is 1. The van der Waals surface area contributed by atoms with Crippen LogP contribution in [0.25, 0.3) is 0 Å². The fraction of sp³-hybridized carbons (Fsp3) is 0.333. The molecule has 2 rings (SSSR count). The van der Waals surface area contributed by atoms with Crippen molar-refractivity contribution in [2.45, 2.75) is 31.0 Å². The molecular weight excluding hydrogens is 318 g/mol. The number of nitrogens with zero attached hydrogens (tertiary/aromatic N) is 3. The summed E-state index contributed by atoms with van der Waals surface area (Å²) in [7, 11) is -4.01. The van der Waals surface area contributed by atoms with E-state index in [1.165, 1.54) is 41.6 Å². The molecule has 0 saturated carbocycles. The van der Waals surface area contributed by atoms with Crippen molar-refractivity contribution < 1.29 is 21.9 Å². The van der Waals surface area contributed by atoms with Gasteiger partial charge in [0.15, 0.2) is 0 Å². The molecule has 10 heteroatoms. The van der Waals surface area contributed by atoms with Gasteiger partial charge in [-0.05, 0) is 19.1 Å². The largest absolute Gasteiger partial charge is 0.433 e. The number of sulfonamides is 1. The molecule has 0 fully saturated rings. The van der Waals surface area contributed by atoms with E-state index < -0.39 is 28.4 Å². The first-order chi connectivity index (χ1) is 10.4. The van der Waals surface area contributed by atoms with E-state index in [-0.39, 0.29) is 11.4 Å². The minimum Gasteiger partial charge on any atom is -0.433 e. The maximum Gasteiger partial charge on any atom is 0.387 e. The summed E-state index contributed by atoms with van der Waals surface area (Å²) in [5.41, 5.74) is 0. The Morgan fingerprint density at radius 3 is 2.73 bits per heavy atom. The van der Waals surface area contributed by atoms with Crippen LogP contribution in [0.5, 0.6) is 5.75 Å². The fourth-order valence-corrected chi connectivity index (χ4v) is 3.21. The molecule has 0 bridgehead atoms. The lowest BCUT2D eigenvalue weighted by Crippen LogP contribution is -2.36. The number of aromatic nitrogens is 3. The predicted octanol–water partition coefficient (Wildman–Crippen LogP) is 1.25. The third-order valence-corrected chi connectivity index (χ3v) is 4.27. The second-order valence-corrected chi connectivity index (χ2v) is 6.15. The average Bonchev–Trinajstić information content (AvgIpc) is 2.90. The minimum absolute atomic E-state index is 0.247. The summed E-state index contributed by atoms with van der Waals surface area (Å²) in [6.45, 7) is -1.24. The SMILES string of the molecule is CC(Cn1cncn1)NS(=O)(=O)c1ccccc1OC(F)F. The van der Waals surface area contributed by atoms with E-state index >= 15 is 0 Å². The maximum atomic E-state index is 12.3. The molecule has 0 aliphatic rings. The molecule has 0 aliphatic carbocycles. The Balaban J connectivity index is 2.16. The molecule has 0 radical (unpaired) electrons. The summed E-state index contributed by atoms with van der Waals surface area (Å²) in [6.07, 6.45) is 2.77. The van der Waals surface area contributed by atoms with Gasteiger partial charge in [-0.3, -0.25) is 4.68 Å². The number of halogens is 2. The molecule has 1 N–H and O–H groups in total. The van der Waals surface area contributed by atoms with Crippen molar-refractivity contribution in [3.63, 3.8) is 0 Å². The third kappa shape index (κ3) is 4.21. The van der Waals surface area contributed by atoms with E-state index in [9.17, 15) is 17.2 Å². The Labute approximate surface area is 126 Å². The van der Waals surface area contributed by atoms with Crippen molar-refractivity contribution >= 4 is 10.0 Å². The van der Waals surface area contributed by atoms with Gasteiger partial charge in [0.25, 0.3) is 0 Å². The predicted molar refractivity (Wildman–Crippen MR) is 72.9 cm³/mol. The van der Waals surface area contributed by atoms with Crippen LogP contribution in [0.3, 0.4) is 0 Å². The second-order valence-electron chi connectivity index (χ2n) is 4.47. The van der Waals surface area contributed by atoms with E-state index in [0.717, 1.165) is 0 Å². The third-order valence-electron chi connectivity index (χ3n) is 2.64. The lowest BCUT2D eigenvalue weighted by molar-refractivity contribution is -0.0517. The first-order valence-corrected chi connectivity index (χ1v) is 7.75. The quantitative estimate of drug-likeness (QED) is 0.824. The van der Waals surface area contributed by atoms with E-state index in [1.807, 2.05) is 0 Å². The van der Waals surface area contributed by atoms with Crippen molar-refractivity contribution in [1.29, 1.82) is 0 Å². The number of hydrogen-bond acceptors (Lipinski definition) is 5. The van der Waals surface area contributed by atoms with E-state index in [1.54, 1.807) is 6.92 Å². The smallest absolute Gasteiger partial charge is 0.387 e. The lowest BCUT2D eigenvalue weighted by atomic mass is 10.3. The highest BCUT2D eigenvalue weighted by Crippen LogP contribution is 2.25. The highest BCUT2D eigenvalue weighted by Gasteiger charge is 2.23. The van der Waals surface area contributed by atoms with Crippen molar-refractivity contribution in [2.24, 2.45) is 0 Å². The molecule has 0 saturated heterocycles. The number of alkyl halides is 2. The Hall–Kier alpha value is -2.07. The molecule has 7 nitrogen and oxygen atoms in total. The number of benzene rings is 1. The van der Waals surface area contributed by atoms with Gasteiger partial charge in [-0.1, -0.05) is 12.1 Å². The van der Waals surface area contributed by atoms with Gasteiger partial charge in [0.2, 0.25) is 10.0 Å². The van der Waals surface area contributed by atoms with Crippen molar-refractivity contribution in [1.82, 2.24) is 19.5 Å². The molecular formula is C12H14F2N4O3S. The number of rotatable bonds is 7. The lowest BCUT2D eigenvalue weighted by Gasteiger charge is -2.16. The highest BCUT2D eigenvalue weighted by atomic mass is 32.2. The standard InChI is InChI=1S/C12H14F2N4O3S/c1-9(6-18-8-15-7-16-18)17-22(19,20)11-5-3-2-4-10(11)21-12(13)14/h2-5,7-9,12,17H,6H2,1H3. The van der Waals surface area contributed by atoms with Crippen LogP contribution in [0.1, 0.15) is 6.92 Å². The van der Waals surface area contributed by atoms with E-state index in [2.05, 4.69) is 19.5 Å². The van der Waals surface area contributed by atoms with Crippen LogP contribution >= 0.6 is 0 Å². The summed E-state index contributed by atoms with van der Waals surface area (Å²) in [5.74, 6) is -0.405. The summed E-state index contributed by atoms with van der Waals surface area (Å²) in [4.78, 5) is 3.40. The molecule has 1 atom stereocenters. The zero-order valence-corrected chi connectivity index (χ0v) is 12.4. The van der Waals surface area contributed by atoms with Gasteiger partial charge in [0.1, 0.15) is 23.3 Å². The molecule has 0 amide bonds. The highest BCUT2D eigenvalue weighted by molar-refractivity contribution is 7.89. The first kappa shape index (κ1) is 16.3. The first-order valence-electron chi connectivity index (χ1n) is 6.27. The fourth-order valence-electron chi connectivity index (χ4n) is 1.84. The van der Waals surface area contributed by atoms with Gasteiger partial charge in [-0.15, -0.1) is 0 Å². The summed E-state index contributed by atoms with van der Waals surface area (Å²) < 4.78 is 57.4. The maximum absolute atomic E-state index is 12.3. The summed E-state index contributed by atoms with van der Waals surface area (Å²) in [6, 6.07) is 4.68. The van der Waals surface area contributed by atoms with Gasteiger partial charge >= 0.3 is 6.61 Å². The molecule has 22 heavy (non-hydrogen) atoms. The van der Waals surface area contributed by atoms with Crippen LogP contribution in [0.15, 0.2) is 41.8 Å². The van der Waals surface area contributed by atoms with Gasteiger partial charge in [0, 0.05) is 6.04 Å². The molecule has 2 aromatic rings. The Bertz CT molecular complexity index is 707. The molecule has 120 valence electrons. The number of hydrogen-bond donors (Lipinski definition) is 1. The van der Waals surface area contributed by atoms with Crippen LogP contribution in [0.2, 0.25) is 0 Å². The Morgan fingerprint density at radius 1 is 1.36 bits per heavy atom. The van der Waals surface area contributed by atoms with Crippen LogP contribution in [-0.4, -0.2) is 35.8 Å². The normalized spacial score (nSPS) is 13.3. The summed E-state index contributed by atoms with van der Waals surface area (Å²) >= 11 is 0. The average molecular weight is 332 g/mol. The molecule has 0 spiro atoms. The topological polar surface area (TPSA) is 86.1 Å². The Morgan fingerprint density at radius 2 is 2.09 bits per heavy atom. The van der Waals surface area contributed by atoms with Crippen molar-refractivity contribution in [3.8, 4) is 5.75 Å². The van der Waals surface area contributed by atoms with Gasteiger partial charge in [-0.2, -0.15) is 13.9 Å². The van der Waals surface area contributed by atoms with Crippen LogP contribution in [0.4, 0.5) is 8.78 Å². The Kier molecular flexibility index (Phi) is 5.03. The molecule has 1 unspecified atom stereocenters. The van der Waals surface area contributed by atoms with Crippen molar-refractivity contribution in [3.05, 3.63) is 36.9 Å². The zero-order chi connectivity index (χ0) is 16.2. The number of nitrogens with one attached hydrogen (secondary N) is 1. The van der Waals surface area contributed by atoms with Gasteiger partial charge < -0.3 is 4.74 Å². The zero-order valence-electron chi connectivity index (χ0n) is 11.6. The van der Waals surface area contributed by atoms with Gasteiger partial charge in [-0.25, -0.2) is 18.1 Å². The van der Waals surface area contributed by atoms with Crippen LogP contribution in [-0.2, 0) is 16.6 Å². The van der Waals surface area contributed by atoms with E-state index in [0.29, 0.717) is 0 Å².